The summed E-state index contributed by atoms with van der Waals surface area (Å²) in [6, 6.07) is 39.1. The Kier molecular flexibility index (Phi) is 7.46. The molecule has 4 heteroatoms. The molecule has 0 N–H and O–H groups in total. The predicted octanol–water partition coefficient (Wildman–Crippen LogP) is 6.69. The van der Waals surface area contributed by atoms with E-state index in [0.29, 0.717) is 0 Å². The van der Waals surface area contributed by atoms with Crippen molar-refractivity contribution in [3.63, 3.8) is 0 Å². The predicted molar refractivity (Wildman–Crippen MR) is 162 cm³/mol. The molecule has 198 valence electrons. The van der Waals surface area contributed by atoms with Crippen molar-refractivity contribution in [3.05, 3.63) is 144 Å². The molecule has 3 aromatic heterocycles. The number of benzene rings is 3. The fraction of sp³-hybridized carbons (Fsp3) is 0.0833. The van der Waals surface area contributed by atoms with E-state index in [4.69, 9.17) is 15.0 Å². The molecule has 0 aliphatic carbocycles. The van der Waals surface area contributed by atoms with E-state index < -0.39 is 16.5 Å². The average molecular weight is 697 g/mol. The molecule has 0 saturated heterocycles. The van der Waals surface area contributed by atoms with Gasteiger partial charge in [0.05, 0.1) is 0 Å². The third-order valence-corrected chi connectivity index (χ3v) is 13.5. The van der Waals surface area contributed by atoms with Gasteiger partial charge in [-0.15, -0.1) is 0 Å². The molecule has 0 bridgehead atoms. The van der Waals surface area contributed by atoms with Gasteiger partial charge < -0.3 is 0 Å². The number of hydrogen-bond acceptors (Lipinski definition) is 3. The standard InChI is InChI=1S/3C12H10N.Ir/c3*1-10-5-7-11(8-6-10)12-4-2-3-9-13-12;/h3*2-3,5-9H,1H3;. The second-order valence-corrected chi connectivity index (χ2v) is 15.4. The zero-order valence-electron chi connectivity index (χ0n) is 22.8. The van der Waals surface area contributed by atoms with Crippen LogP contribution in [0.15, 0.2) is 128 Å². The van der Waals surface area contributed by atoms with E-state index in [0.717, 1.165) is 33.8 Å². The zero-order chi connectivity index (χ0) is 27.5. The monoisotopic (exact) mass is 697 g/mol. The number of rotatable bonds is 6. The van der Waals surface area contributed by atoms with Crippen LogP contribution in [0, 0.1) is 20.8 Å². The van der Waals surface area contributed by atoms with Gasteiger partial charge >= 0.3 is 243 Å². The summed E-state index contributed by atoms with van der Waals surface area (Å²) in [6.45, 7) is 6.36. The van der Waals surface area contributed by atoms with Crippen molar-refractivity contribution in [2.24, 2.45) is 0 Å². The normalized spacial score (nSPS) is 11.3. The maximum atomic E-state index is 4.98. The molecule has 3 aromatic carbocycles. The van der Waals surface area contributed by atoms with Crippen molar-refractivity contribution < 1.29 is 16.5 Å². The third-order valence-electron chi connectivity index (χ3n) is 6.74. The molecule has 0 fully saturated rings. The van der Waals surface area contributed by atoms with Gasteiger partial charge in [0.1, 0.15) is 0 Å². The van der Waals surface area contributed by atoms with Crippen LogP contribution in [0.1, 0.15) is 16.7 Å². The van der Waals surface area contributed by atoms with Crippen molar-refractivity contribution in [3.8, 4) is 33.8 Å². The van der Waals surface area contributed by atoms with E-state index in [9.17, 15) is 0 Å². The fourth-order valence-electron chi connectivity index (χ4n) is 4.58. The van der Waals surface area contributed by atoms with Gasteiger partial charge in [-0.2, -0.15) is 0 Å². The first-order valence-electron chi connectivity index (χ1n) is 13.3. The average Bonchev–Trinajstić information content (AvgIpc) is 3.00. The molecule has 0 atom stereocenters. The summed E-state index contributed by atoms with van der Waals surface area (Å²) in [5.41, 5.74) is 10.2. The fourth-order valence-corrected chi connectivity index (χ4v) is 11.8. The van der Waals surface area contributed by atoms with Gasteiger partial charge in [-0.3, -0.25) is 0 Å². The molecular formula is C36H30IrN3. The van der Waals surface area contributed by atoms with Gasteiger partial charge in [0.25, 0.3) is 0 Å². The first kappa shape index (κ1) is 26.0. The molecule has 40 heavy (non-hydrogen) atoms. The van der Waals surface area contributed by atoms with E-state index in [1.807, 2.05) is 18.6 Å². The van der Waals surface area contributed by atoms with Crippen LogP contribution in [0.5, 0.6) is 0 Å². The van der Waals surface area contributed by atoms with E-state index in [1.165, 1.54) is 28.9 Å². The number of pyridine rings is 3. The van der Waals surface area contributed by atoms with E-state index in [1.54, 1.807) is 0 Å². The minimum absolute atomic E-state index is 1.04. The number of aryl methyl sites for hydroxylation is 3. The third kappa shape index (κ3) is 5.29. The van der Waals surface area contributed by atoms with Crippen LogP contribution in [-0.2, 0) is 16.5 Å². The Morgan fingerprint density at radius 2 is 0.650 bits per heavy atom. The summed E-state index contributed by atoms with van der Waals surface area (Å²) in [6.07, 6.45) is 5.72. The first-order chi connectivity index (χ1) is 19.6. The molecule has 0 saturated carbocycles. The molecule has 0 unspecified atom stereocenters. The Labute approximate surface area is 241 Å². The molecule has 0 spiro atoms. The van der Waals surface area contributed by atoms with Crippen LogP contribution in [0.4, 0.5) is 0 Å². The van der Waals surface area contributed by atoms with Crippen LogP contribution in [0.25, 0.3) is 33.8 Å². The molecule has 6 aromatic rings. The number of aromatic nitrogens is 3. The Bertz CT molecular complexity index is 1550. The summed E-state index contributed by atoms with van der Waals surface area (Å²) >= 11 is -2.56. The molecular weight excluding hydrogens is 667 g/mol. The van der Waals surface area contributed by atoms with Crippen molar-refractivity contribution in [1.29, 1.82) is 0 Å². The van der Waals surface area contributed by atoms with Crippen molar-refractivity contribution in [2.75, 3.05) is 0 Å². The Balaban J connectivity index is 1.64. The quantitative estimate of drug-likeness (QED) is 0.195. The Hall–Kier alpha value is -4.24. The molecule has 6 rings (SSSR count). The second kappa shape index (κ2) is 11.5. The summed E-state index contributed by atoms with van der Waals surface area (Å²) in [7, 11) is 0. The van der Waals surface area contributed by atoms with Gasteiger partial charge in [0.15, 0.2) is 0 Å². The molecule has 0 aliphatic rings. The van der Waals surface area contributed by atoms with E-state index in [-0.39, 0.29) is 0 Å². The molecule has 0 radical (unpaired) electrons. The summed E-state index contributed by atoms with van der Waals surface area (Å²) in [4.78, 5) is 14.9. The minimum atomic E-state index is -2.56. The van der Waals surface area contributed by atoms with Gasteiger partial charge in [0, 0.05) is 0 Å². The molecule has 0 amide bonds. The van der Waals surface area contributed by atoms with Crippen LogP contribution in [-0.4, -0.2) is 15.0 Å². The molecule has 0 aliphatic heterocycles. The van der Waals surface area contributed by atoms with Gasteiger partial charge in [-0.05, 0) is 0 Å². The topological polar surface area (TPSA) is 38.7 Å². The zero-order valence-corrected chi connectivity index (χ0v) is 25.2. The SMILES string of the molecule is Cc1ccc(-c2nccc[c]2[Ir]([c]2cccnc2-c2ccc(C)cc2)[c]2cccnc2-c2ccc(C)cc2)cc1. The van der Waals surface area contributed by atoms with E-state index in [2.05, 4.69) is 130 Å². The van der Waals surface area contributed by atoms with Gasteiger partial charge in [0.2, 0.25) is 0 Å². The number of hydrogen-bond donors (Lipinski definition) is 0. The van der Waals surface area contributed by atoms with Crippen LogP contribution in [0.2, 0.25) is 0 Å². The Morgan fingerprint density at radius 3 is 0.925 bits per heavy atom. The van der Waals surface area contributed by atoms with Gasteiger partial charge in [-0.25, -0.2) is 0 Å². The van der Waals surface area contributed by atoms with E-state index >= 15 is 0 Å². The second-order valence-electron chi connectivity index (χ2n) is 9.78. The van der Waals surface area contributed by atoms with Gasteiger partial charge in [-0.1, -0.05) is 0 Å². The maximum absolute atomic E-state index is 4.98. The van der Waals surface area contributed by atoms with Crippen molar-refractivity contribution in [1.82, 2.24) is 15.0 Å². The van der Waals surface area contributed by atoms with Crippen LogP contribution < -0.4 is 12.2 Å². The first-order valence-corrected chi connectivity index (χ1v) is 16.9. The Morgan fingerprint density at radius 1 is 0.375 bits per heavy atom. The summed E-state index contributed by atoms with van der Waals surface area (Å²) in [5, 5.41) is 0. The van der Waals surface area contributed by atoms with Crippen LogP contribution >= 0.6 is 0 Å². The van der Waals surface area contributed by atoms with Crippen molar-refractivity contribution >= 4 is 12.2 Å². The van der Waals surface area contributed by atoms with Crippen molar-refractivity contribution in [2.45, 2.75) is 20.8 Å². The molecule has 3 heterocycles. The summed E-state index contributed by atoms with van der Waals surface area (Å²) in [5.74, 6) is 0. The van der Waals surface area contributed by atoms with Crippen LogP contribution in [0.3, 0.4) is 0 Å². The summed E-state index contributed by atoms with van der Waals surface area (Å²) < 4.78 is 3.86. The molecule has 3 nitrogen and oxygen atoms in total. The number of nitrogens with zero attached hydrogens (tertiary/aromatic N) is 3.